The van der Waals surface area contributed by atoms with Crippen molar-refractivity contribution >= 4 is 34.1 Å². The number of nitrogens with one attached hydrogen (secondary N) is 1. The van der Waals surface area contributed by atoms with Gasteiger partial charge in [-0.3, -0.25) is 9.78 Å². The molecule has 2 rings (SSSR count). The van der Waals surface area contributed by atoms with E-state index in [1.807, 2.05) is 12.1 Å². The normalized spacial score (nSPS) is 10.7. The molecule has 0 fully saturated rings. The second kappa shape index (κ2) is 7.19. The quantitative estimate of drug-likeness (QED) is 0.832. The number of carbonyl (C=O) groups excluding carboxylic acids is 1. The molecule has 2 aromatic rings. The van der Waals surface area contributed by atoms with E-state index in [0.29, 0.717) is 29.4 Å². The number of pyridine rings is 1. The highest BCUT2D eigenvalue weighted by atomic mass is 35.5. The molecular weight excluding hydrogens is 280 g/mol. The molecule has 20 heavy (non-hydrogen) atoms. The van der Waals surface area contributed by atoms with E-state index < -0.39 is 0 Å². The topological polar surface area (TPSA) is 60.5 Å². The van der Waals surface area contributed by atoms with Crippen molar-refractivity contribution in [2.75, 3.05) is 32.2 Å². The van der Waals surface area contributed by atoms with E-state index in [0.717, 1.165) is 5.39 Å². The SMILES string of the molecule is COCCOCC(=O)Nc1cc(Cl)cc2cccnc12. The number of rotatable bonds is 6. The number of anilines is 1. The van der Waals surface area contributed by atoms with Crippen LogP contribution in [0.5, 0.6) is 0 Å². The number of hydrogen-bond acceptors (Lipinski definition) is 4. The number of benzene rings is 1. The Labute approximate surface area is 121 Å². The van der Waals surface area contributed by atoms with Gasteiger partial charge in [0.25, 0.3) is 0 Å². The fourth-order valence-electron chi connectivity index (χ4n) is 1.74. The van der Waals surface area contributed by atoms with Gasteiger partial charge in [-0.1, -0.05) is 17.7 Å². The fourth-order valence-corrected chi connectivity index (χ4v) is 1.97. The highest BCUT2D eigenvalue weighted by molar-refractivity contribution is 6.32. The summed E-state index contributed by atoms with van der Waals surface area (Å²) in [5.41, 5.74) is 1.27. The van der Waals surface area contributed by atoms with Crippen LogP contribution in [0.1, 0.15) is 0 Å². The van der Waals surface area contributed by atoms with Crippen molar-refractivity contribution < 1.29 is 14.3 Å². The van der Waals surface area contributed by atoms with Crippen LogP contribution in [0.3, 0.4) is 0 Å². The highest BCUT2D eigenvalue weighted by Gasteiger charge is 2.08. The Kier molecular flexibility index (Phi) is 5.29. The van der Waals surface area contributed by atoms with Gasteiger partial charge in [-0.15, -0.1) is 0 Å². The van der Waals surface area contributed by atoms with Crippen LogP contribution in [0, 0.1) is 0 Å². The lowest BCUT2D eigenvalue weighted by molar-refractivity contribution is -0.121. The predicted octanol–water partition coefficient (Wildman–Crippen LogP) is 2.49. The number of amides is 1. The zero-order valence-electron chi connectivity index (χ0n) is 11.1. The molecule has 1 aromatic heterocycles. The summed E-state index contributed by atoms with van der Waals surface area (Å²) in [6, 6.07) is 7.18. The van der Waals surface area contributed by atoms with Gasteiger partial charge in [0, 0.05) is 23.7 Å². The molecule has 0 aliphatic heterocycles. The van der Waals surface area contributed by atoms with Gasteiger partial charge in [-0.25, -0.2) is 0 Å². The highest BCUT2D eigenvalue weighted by Crippen LogP contribution is 2.26. The Bertz CT molecular complexity index is 604. The average Bonchev–Trinajstić information content (AvgIpc) is 2.43. The van der Waals surface area contributed by atoms with E-state index in [1.165, 1.54) is 0 Å². The Morgan fingerprint density at radius 3 is 3.05 bits per heavy atom. The van der Waals surface area contributed by atoms with Crippen molar-refractivity contribution in [3.63, 3.8) is 0 Å². The predicted molar refractivity (Wildman–Crippen MR) is 78.1 cm³/mol. The maximum absolute atomic E-state index is 11.8. The van der Waals surface area contributed by atoms with Gasteiger partial charge in [0.1, 0.15) is 6.61 Å². The first-order chi connectivity index (χ1) is 9.70. The number of nitrogens with zero attached hydrogens (tertiary/aromatic N) is 1. The van der Waals surface area contributed by atoms with Gasteiger partial charge >= 0.3 is 0 Å². The molecule has 0 saturated carbocycles. The summed E-state index contributed by atoms with van der Waals surface area (Å²) < 4.78 is 9.99. The van der Waals surface area contributed by atoms with Gasteiger partial charge in [-0.05, 0) is 18.2 Å². The summed E-state index contributed by atoms with van der Waals surface area (Å²) in [6.45, 7) is 0.789. The largest absolute Gasteiger partial charge is 0.382 e. The number of methoxy groups -OCH3 is 1. The molecule has 0 spiro atoms. The lowest BCUT2D eigenvalue weighted by atomic mass is 10.2. The number of ether oxygens (including phenoxy) is 2. The van der Waals surface area contributed by atoms with Gasteiger partial charge < -0.3 is 14.8 Å². The van der Waals surface area contributed by atoms with E-state index in [4.69, 9.17) is 21.1 Å². The summed E-state index contributed by atoms with van der Waals surface area (Å²) in [4.78, 5) is 16.0. The van der Waals surface area contributed by atoms with E-state index >= 15 is 0 Å². The third-order valence-corrected chi connectivity index (χ3v) is 2.83. The van der Waals surface area contributed by atoms with Gasteiger partial charge in [0.05, 0.1) is 24.4 Å². The van der Waals surface area contributed by atoms with Crippen LogP contribution in [-0.2, 0) is 14.3 Å². The van der Waals surface area contributed by atoms with Crippen molar-refractivity contribution in [3.8, 4) is 0 Å². The third-order valence-electron chi connectivity index (χ3n) is 2.61. The summed E-state index contributed by atoms with van der Waals surface area (Å²) in [5, 5.41) is 4.16. The minimum atomic E-state index is -0.254. The summed E-state index contributed by atoms with van der Waals surface area (Å²) in [7, 11) is 1.58. The molecule has 0 saturated heterocycles. The molecule has 0 radical (unpaired) electrons. The zero-order chi connectivity index (χ0) is 14.4. The Morgan fingerprint density at radius 2 is 2.25 bits per heavy atom. The van der Waals surface area contributed by atoms with Gasteiger partial charge in [0.15, 0.2) is 0 Å². The lowest BCUT2D eigenvalue weighted by Crippen LogP contribution is -2.19. The van der Waals surface area contributed by atoms with E-state index in [-0.39, 0.29) is 12.5 Å². The minimum Gasteiger partial charge on any atom is -0.382 e. The number of fused-ring (bicyclic) bond motifs is 1. The van der Waals surface area contributed by atoms with Crippen LogP contribution >= 0.6 is 11.6 Å². The van der Waals surface area contributed by atoms with Crippen LogP contribution in [0.4, 0.5) is 5.69 Å². The molecule has 0 unspecified atom stereocenters. The molecule has 1 heterocycles. The first-order valence-corrected chi connectivity index (χ1v) is 6.49. The number of carbonyl (C=O) groups is 1. The maximum atomic E-state index is 11.8. The molecule has 5 nitrogen and oxygen atoms in total. The molecule has 1 aromatic carbocycles. The number of aromatic nitrogens is 1. The zero-order valence-corrected chi connectivity index (χ0v) is 11.8. The fraction of sp³-hybridized carbons (Fsp3) is 0.286. The molecule has 0 bridgehead atoms. The second-order valence-electron chi connectivity index (χ2n) is 4.12. The van der Waals surface area contributed by atoms with Gasteiger partial charge in [-0.2, -0.15) is 0 Å². The second-order valence-corrected chi connectivity index (χ2v) is 4.56. The Balaban J connectivity index is 2.07. The van der Waals surface area contributed by atoms with Crippen molar-refractivity contribution in [2.24, 2.45) is 0 Å². The lowest BCUT2D eigenvalue weighted by Gasteiger charge is -2.09. The molecule has 1 amide bonds. The maximum Gasteiger partial charge on any atom is 0.250 e. The monoisotopic (exact) mass is 294 g/mol. The molecule has 0 aliphatic carbocycles. The van der Waals surface area contributed by atoms with Crippen molar-refractivity contribution in [3.05, 3.63) is 35.5 Å². The minimum absolute atomic E-state index is 0.0375. The average molecular weight is 295 g/mol. The smallest absolute Gasteiger partial charge is 0.250 e. The van der Waals surface area contributed by atoms with E-state index in [9.17, 15) is 4.79 Å². The van der Waals surface area contributed by atoms with Gasteiger partial charge in [0.2, 0.25) is 5.91 Å². The first kappa shape index (κ1) is 14.7. The van der Waals surface area contributed by atoms with Crippen LogP contribution in [0.2, 0.25) is 5.02 Å². The molecule has 0 atom stereocenters. The Hall–Kier alpha value is -1.69. The summed E-state index contributed by atoms with van der Waals surface area (Å²) in [5.74, 6) is -0.254. The molecule has 1 N–H and O–H groups in total. The molecule has 106 valence electrons. The van der Waals surface area contributed by atoms with E-state index in [2.05, 4.69) is 10.3 Å². The van der Waals surface area contributed by atoms with Crippen molar-refractivity contribution in [2.45, 2.75) is 0 Å². The number of hydrogen-bond donors (Lipinski definition) is 1. The van der Waals surface area contributed by atoms with Crippen LogP contribution in [0.25, 0.3) is 10.9 Å². The number of halogens is 1. The van der Waals surface area contributed by atoms with Crippen molar-refractivity contribution in [1.29, 1.82) is 0 Å². The Morgan fingerprint density at radius 1 is 1.40 bits per heavy atom. The standard InChI is InChI=1S/C14H15ClN2O3/c1-19-5-6-20-9-13(18)17-12-8-11(15)7-10-3-2-4-16-14(10)12/h2-4,7-8H,5-6,9H2,1H3,(H,17,18). The van der Waals surface area contributed by atoms with Crippen LogP contribution < -0.4 is 5.32 Å². The molecule has 6 heteroatoms. The summed E-state index contributed by atoms with van der Waals surface area (Å²) in [6.07, 6.45) is 1.67. The third kappa shape index (κ3) is 3.90. The van der Waals surface area contributed by atoms with E-state index in [1.54, 1.807) is 25.4 Å². The summed E-state index contributed by atoms with van der Waals surface area (Å²) >= 11 is 6.03. The van der Waals surface area contributed by atoms with Crippen molar-refractivity contribution in [1.82, 2.24) is 4.98 Å². The van der Waals surface area contributed by atoms with Crippen LogP contribution in [-0.4, -0.2) is 37.8 Å². The molecule has 0 aliphatic rings. The molecular formula is C14H15ClN2O3. The van der Waals surface area contributed by atoms with Crippen LogP contribution in [0.15, 0.2) is 30.5 Å². The first-order valence-electron chi connectivity index (χ1n) is 6.11.